The van der Waals surface area contributed by atoms with Crippen LogP contribution in [-0.2, 0) is 28.6 Å². The van der Waals surface area contributed by atoms with Gasteiger partial charge >= 0.3 is 17.9 Å². The maximum atomic E-state index is 12.8. The molecule has 0 aliphatic rings. The van der Waals surface area contributed by atoms with Crippen LogP contribution in [0.2, 0.25) is 0 Å². The molecule has 0 aromatic rings. The zero-order chi connectivity index (χ0) is 45.1. The highest BCUT2D eigenvalue weighted by Gasteiger charge is 2.19. The molecule has 0 fully saturated rings. The van der Waals surface area contributed by atoms with E-state index in [4.69, 9.17) is 14.2 Å². The fourth-order valence-electron chi connectivity index (χ4n) is 8.02. The molecular weight excluding hydrogens is 769 g/mol. The van der Waals surface area contributed by atoms with Crippen molar-refractivity contribution in [1.82, 2.24) is 0 Å². The van der Waals surface area contributed by atoms with E-state index in [2.05, 4.69) is 45.1 Å². The molecule has 0 N–H and O–H groups in total. The Hall–Kier alpha value is -2.11. The van der Waals surface area contributed by atoms with Gasteiger partial charge in [-0.2, -0.15) is 0 Å². The van der Waals surface area contributed by atoms with Gasteiger partial charge < -0.3 is 14.2 Å². The van der Waals surface area contributed by atoms with Gasteiger partial charge in [0.25, 0.3) is 0 Å². The molecule has 0 aromatic heterocycles. The monoisotopic (exact) mass is 873 g/mol. The Kier molecular flexibility index (Phi) is 49.8. The van der Waals surface area contributed by atoms with Crippen molar-refractivity contribution in [3.8, 4) is 0 Å². The average Bonchev–Trinajstić information content (AvgIpc) is 3.27. The highest BCUT2D eigenvalue weighted by atomic mass is 16.6. The smallest absolute Gasteiger partial charge is 0.306 e. The van der Waals surface area contributed by atoms with E-state index in [0.717, 1.165) is 57.8 Å². The van der Waals surface area contributed by atoms with Crippen molar-refractivity contribution in [1.29, 1.82) is 0 Å². The quantitative estimate of drug-likeness (QED) is 0.0262. The second-order valence-electron chi connectivity index (χ2n) is 18.5. The Morgan fingerprint density at radius 2 is 0.532 bits per heavy atom. The van der Waals surface area contributed by atoms with Crippen molar-refractivity contribution in [2.45, 2.75) is 303 Å². The van der Waals surface area contributed by atoms with Crippen LogP contribution >= 0.6 is 0 Å². The lowest BCUT2D eigenvalue weighted by molar-refractivity contribution is -0.167. The van der Waals surface area contributed by atoms with Crippen molar-refractivity contribution in [2.75, 3.05) is 13.2 Å². The molecule has 0 rings (SSSR count). The molecule has 0 saturated heterocycles. The zero-order valence-corrected chi connectivity index (χ0v) is 41.7. The lowest BCUT2D eigenvalue weighted by atomic mass is 10.0. The minimum absolute atomic E-state index is 0.0703. The summed E-state index contributed by atoms with van der Waals surface area (Å²) >= 11 is 0. The summed E-state index contributed by atoms with van der Waals surface area (Å²) < 4.78 is 16.8. The number of unbranched alkanes of at least 4 members (excludes halogenated alkanes) is 35. The molecule has 6 heteroatoms. The molecular formula is C56H104O6. The summed E-state index contributed by atoms with van der Waals surface area (Å²) in [5, 5.41) is 0. The van der Waals surface area contributed by atoms with Gasteiger partial charge in [-0.25, -0.2) is 0 Å². The van der Waals surface area contributed by atoms with Gasteiger partial charge in [0, 0.05) is 19.3 Å². The van der Waals surface area contributed by atoms with Gasteiger partial charge in [0.15, 0.2) is 6.10 Å². The number of carbonyl (C=O) groups is 3. The van der Waals surface area contributed by atoms with Crippen molar-refractivity contribution < 1.29 is 28.6 Å². The van der Waals surface area contributed by atoms with Crippen LogP contribution in [0, 0.1) is 0 Å². The topological polar surface area (TPSA) is 78.9 Å². The van der Waals surface area contributed by atoms with Crippen LogP contribution in [0.25, 0.3) is 0 Å². The highest BCUT2D eigenvalue weighted by molar-refractivity contribution is 5.71. The molecule has 0 saturated carbocycles. The van der Waals surface area contributed by atoms with Crippen LogP contribution in [0.3, 0.4) is 0 Å². The number of hydrogen-bond donors (Lipinski definition) is 0. The first-order valence-electron chi connectivity index (χ1n) is 27.3. The molecule has 1 atom stereocenters. The first-order valence-corrected chi connectivity index (χ1v) is 27.3. The Balaban J connectivity index is 4.34. The predicted molar refractivity (Wildman–Crippen MR) is 266 cm³/mol. The standard InChI is InChI=1S/C56H104O6/c1-4-7-10-13-16-19-22-25-27-28-30-32-35-38-41-44-47-50-56(59)62-53(51-60-54(57)48-45-42-39-36-33-24-21-18-15-12-9-6-3)52-61-55(58)49-46-43-40-37-34-31-29-26-23-20-17-14-11-8-5-2/h20,23,25,27,53H,4-19,21-22,24,26,28-52H2,1-3H3/b23-20-,27-25-/t53-/m0/s1. The van der Waals surface area contributed by atoms with Crippen LogP contribution in [0.15, 0.2) is 24.3 Å². The number of ether oxygens (including phenoxy) is 3. The number of rotatable bonds is 50. The second kappa shape index (κ2) is 51.5. The zero-order valence-electron chi connectivity index (χ0n) is 41.7. The number of allylic oxidation sites excluding steroid dienone is 4. The van der Waals surface area contributed by atoms with Crippen LogP contribution in [0.5, 0.6) is 0 Å². The lowest BCUT2D eigenvalue weighted by Gasteiger charge is -2.18. The molecule has 0 heterocycles. The molecule has 0 spiro atoms. The van der Waals surface area contributed by atoms with Crippen LogP contribution in [0.1, 0.15) is 297 Å². The van der Waals surface area contributed by atoms with E-state index < -0.39 is 6.10 Å². The van der Waals surface area contributed by atoms with Gasteiger partial charge in [-0.05, 0) is 70.6 Å². The molecule has 6 nitrogen and oxygen atoms in total. The molecule has 62 heavy (non-hydrogen) atoms. The lowest BCUT2D eigenvalue weighted by Crippen LogP contribution is -2.30. The van der Waals surface area contributed by atoms with Crippen LogP contribution in [0.4, 0.5) is 0 Å². The Bertz CT molecular complexity index is 1000. The SMILES string of the molecule is CCCCCC/C=C\CCCCCCCCCC(=O)OC[C@H](COC(=O)CCCCCCCCCCCCCC)OC(=O)CCCCCCCCC/C=C\CCCCCCCC. The molecule has 0 bridgehead atoms. The summed E-state index contributed by atoms with van der Waals surface area (Å²) in [4.78, 5) is 38.0. The van der Waals surface area contributed by atoms with Gasteiger partial charge in [0.1, 0.15) is 13.2 Å². The summed E-state index contributed by atoms with van der Waals surface area (Å²) in [7, 11) is 0. The number of carbonyl (C=O) groups excluding carboxylic acids is 3. The molecule has 0 aliphatic heterocycles. The number of esters is 3. The van der Waals surface area contributed by atoms with Crippen LogP contribution < -0.4 is 0 Å². The summed E-state index contributed by atoms with van der Waals surface area (Å²) in [6.45, 7) is 6.64. The van der Waals surface area contributed by atoms with Gasteiger partial charge in [0.05, 0.1) is 0 Å². The second-order valence-corrected chi connectivity index (χ2v) is 18.5. The van der Waals surface area contributed by atoms with Crippen molar-refractivity contribution in [3.05, 3.63) is 24.3 Å². The Labute approximate surface area is 385 Å². The van der Waals surface area contributed by atoms with Gasteiger partial charge in [0.2, 0.25) is 0 Å². The van der Waals surface area contributed by atoms with Crippen molar-refractivity contribution >= 4 is 17.9 Å². The highest BCUT2D eigenvalue weighted by Crippen LogP contribution is 2.16. The normalized spacial score (nSPS) is 12.1. The maximum Gasteiger partial charge on any atom is 0.306 e. The van der Waals surface area contributed by atoms with Crippen molar-refractivity contribution in [2.24, 2.45) is 0 Å². The van der Waals surface area contributed by atoms with Crippen molar-refractivity contribution in [3.63, 3.8) is 0 Å². The number of hydrogen-bond acceptors (Lipinski definition) is 6. The first kappa shape index (κ1) is 59.9. The van der Waals surface area contributed by atoms with Gasteiger partial charge in [-0.15, -0.1) is 0 Å². The fourth-order valence-corrected chi connectivity index (χ4v) is 8.02. The summed E-state index contributed by atoms with van der Waals surface area (Å²) in [5.41, 5.74) is 0. The van der Waals surface area contributed by atoms with Gasteiger partial charge in [-0.3, -0.25) is 14.4 Å². The van der Waals surface area contributed by atoms with E-state index in [9.17, 15) is 14.4 Å². The molecule has 0 aliphatic carbocycles. The van der Waals surface area contributed by atoms with E-state index in [1.165, 1.54) is 199 Å². The maximum absolute atomic E-state index is 12.8. The van der Waals surface area contributed by atoms with E-state index in [-0.39, 0.29) is 31.1 Å². The molecule has 0 unspecified atom stereocenters. The molecule has 364 valence electrons. The fraction of sp³-hybridized carbons (Fsp3) is 0.875. The third-order valence-corrected chi connectivity index (χ3v) is 12.2. The molecule has 0 amide bonds. The minimum Gasteiger partial charge on any atom is -0.462 e. The summed E-state index contributed by atoms with van der Waals surface area (Å²) in [6, 6.07) is 0. The third-order valence-electron chi connectivity index (χ3n) is 12.2. The van der Waals surface area contributed by atoms with Crippen LogP contribution in [-0.4, -0.2) is 37.2 Å². The van der Waals surface area contributed by atoms with E-state index in [1.807, 2.05) is 0 Å². The third kappa shape index (κ3) is 48.9. The minimum atomic E-state index is -0.770. The van der Waals surface area contributed by atoms with E-state index in [1.54, 1.807) is 0 Å². The average molecular weight is 873 g/mol. The molecule has 0 aromatic carbocycles. The molecule has 0 radical (unpaired) electrons. The predicted octanol–water partition coefficient (Wildman–Crippen LogP) is 17.9. The van der Waals surface area contributed by atoms with E-state index in [0.29, 0.717) is 19.3 Å². The first-order chi connectivity index (χ1) is 30.5. The van der Waals surface area contributed by atoms with Gasteiger partial charge in [-0.1, -0.05) is 231 Å². The Morgan fingerprint density at radius 3 is 0.823 bits per heavy atom. The largest absolute Gasteiger partial charge is 0.462 e. The van der Waals surface area contributed by atoms with E-state index >= 15 is 0 Å². The summed E-state index contributed by atoms with van der Waals surface area (Å²) in [5.74, 6) is -0.864. The Morgan fingerprint density at radius 1 is 0.306 bits per heavy atom. The summed E-state index contributed by atoms with van der Waals surface area (Å²) in [6.07, 6.45) is 58.7.